The maximum atomic E-state index is 2.47. The van der Waals surface area contributed by atoms with Crippen molar-refractivity contribution in [3.63, 3.8) is 0 Å². The average Bonchev–Trinajstić information content (AvgIpc) is 3.56. The zero-order chi connectivity index (χ0) is 34.2. The molecule has 3 heteroatoms. The molecule has 1 nitrogen and oxygen atoms in total. The minimum absolute atomic E-state index is 0.470. The van der Waals surface area contributed by atoms with Gasteiger partial charge in [-0.1, -0.05) is 163 Å². The fourth-order valence-electron chi connectivity index (χ4n) is 8.74. The van der Waals surface area contributed by atoms with E-state index in [0.717, 1.165) is 0 Å². The van der Waals surface area contributed by atoms with Gasteiger partial charge in [0.1, 0.15) is 0 Å². The lowest BCUT2D eigenvalue weighted by Crippen LogP contribution is -2.36. The van der Waals surface area contributed by atoms with Gasteiger partial charge in [-0.15, -0.1) is 0 Å². The van der Waals surface area contributed by atoms with Crippen molar-refractivity contribution in [2.45, 2.75) is 25.0 Å². The monoisotopic (exact) mass is 697 g/mol. The van der Waals surface area contributed by atoms with Gasteiger partial charge in [-0.05, 0) is 87.5 Å². The van der Waals surface area contributed by atoms with Gasteiger partial charge in [0.2, 0.25) is 0 Å². The van der Waals surface area contributed by atoms with Crippen LogP contribution in [0, 0.1) is 0 Å². The lowest BCUT2D eigenvalue weighted by atomic mass is 9.64. The number of benzene rings is 8. The second-order valence-corrected chi connectivity index (χ2v) is 15.8. The highest BCUT2D eigenvalue weighted by Crippen LogP contribution is 2.62. The van der Waals surface area contributed by atoms with Gasteiger partial charge in [0.25, 0.3) is 0 Å². The van der Waals surface area contributed by atoms with Gasteiger partial charge in [-0.25, -0.2) is 0 Å². The summed E-state index contributed by atoms with van der Waals surface area (Å²) in [5, 5.41) is 2.54. The van der Waals surface area contributed by atoms with Gasteiger partial charge in [-0.3, -0.25) is 0 Å². The van der Waals surface area contributed by atoms with Crippen molar-refractivity contribution in [1.82, 2.24) is 4.57 Å². The Labute approximate surface area is 311 Å². The standard InChI is InChI=1S/C49H31NS2/c1-3-14-32(15-4-1)33-27-29-46-42(30-33)49(39-21-8-11-24-44(39)51-45-25-12-9-22-40(45)49)41-28-26-34(31-47(41)52-46)36-19-13-20-38-37-18-7-10-23-43(37)50(48(36)38)35-16-5-2-6-17-35/h1-31H. The minimum Gasteiger partial charge on any atom is -0.309 e. The van der Waals surface area contributed by atoms with Crippen molar-refractivity contribution in [1.29, 1.82) is 0 Å². The molecule has 0 saturated heterocycles. The Morgan fingerprint density at radius 2 is 0.962 bits per heavy atom. The van der Waals surface area contributed by atoms with Crippen LogP contribution in [0.1, 0.15) is 22.3 Å². The van der Waals surface area contributed by atoms with E-state index < -0.39 is 5.41 Å². The molecule has 52 heavy (non-hydrogen) atoms. The highest BCUT2D eigenvalue weighted by atomic mass is 32.2. The molecule has 2 aliphatic rings. The van der Waals surface area contributed by atoms with Gasteiger partial charge in [0, 0.05) is 41.6 Å². The van der Waals surface area contributed by atoms with Crippen molar-refractivity contribution >= 4 is 45.3 Å². The summed E-state index contributed by atoms with van der Waals surface area (Å²) in [6.07, 6.45) is 0. The molecule has 1 aromatic heterocycles. The topological polar surface area (TPSA) is 4.93 Å². The molecule has 2 aliphatic heterocycles. The molecule has 1 spiro atoms. The van der Waals surface area contributed by atoms with E-state index in [-0.39, 0.29) is 0 Å². The third-order valence-electron chi connectivity index (χ3n) is 10.9. The Kier molecular flexibility index (Phi) is 6.70. The van der Waals surface area contributed by atoms with Crippen LogP contribution in [0.25, 0.3) is 49.7 Å². The van der Waals surface area contributed by atoms with Gasteiger partial charge < -0.3 is 4.57 Å². The van der Waals surface area contributed by atoms with Gasteiger partial charge in [-0.2, -0.15) is 0 Å². The summed E-state index contributed by atoms with van der Waals surface area (Å²) in [5.41, 5.74) is 13.5. The maximum absolute atomic E-state index is 2.47. The summed E-state index contributed by atoms with van der Waals surface area (Å²) >= 11 is 3.80. The maximum Gasteiger partial charge on any atom is 0.0745 e. The SMILES string of the molecule is c1ccc(-c2ccc3c(c2)C2(c4ccccc4Sc4ccccc42)c2ccc(-c4cccc5c6ccccc6n(-c6ccccc6)c45)cc2S3)cc1. The Balaban J connectivity index is 1.20. The molecule has 0 saturated carbocycles. The largest absolute Gasteiger partial charge is 0.309 e. The zero-order valence-corrected chi connectivity index (χ0v) is 29.8. The number of rotatable bonds is 3. The van der Waals surface area contributed by atoms with Crippen LogP contribution in [0.4, 0.5) is 0 Å². The molecule has 0 aliphatic carbocycles. The van der Waals surface area contributed by atoms with Crippen LogP contribution < -0.4 is 0 Å². The number of hydrogen-bond donors (Lipinski definition) is 0. The molecular weight excluding hydrogens is 667 g/mol. The van der Waals surface area contributed by atoms with Crippen molar-refractivity contribution < 1.29 is 0 Å². The number of aromatic nitrogens is 1. The predicted molar refractivity (Wildman–Crippen MR) is 218 cm³/mol. The fourth-order valence-corrected chi connectivity index (χ4v) is 11.1. The molecule has 0 fully saturated rings. The van der Waals surface area contributed by atoms with Crippen LogP contribution in [-0.2, 0) is 5.41 Å². The van der Waals surface area contributed by atoms with Crippen molar-refractivity contribution in [2.24, 2.45) is 0 Å². The summed E-state index contributed by atoms with van der Waals surface area (Å²) in [6, 6.07) is 69.7. The normalized spacial score (nSPS) is 13.8. The lowest BCUT2D eigenvalue weighted by molar-refractivity contribution is 0.667. The van der Waals surface area contributed by atoms with Crippen molar-refractivity contribution in [3.8, 4) is 27.9 Å². The molecule has 244 valence electrons. The molecule has 0 unspecified atom stereocenters. The molecule has 11 rings (SSSR count). The summed E-state index contributed by atoms with van der Waals surface area (Å²) < 4.78 is 2.44. The number of hydrogen-bond acceptors (Lipinski definition) is 2. The van der Waals surface area contributed by atoms with Crippen LogP contribution >= 0.6 is 23.5 Å². The smallest absolute Gasteiger partial charge is 0.0745 e. The highest BCUT2D eigenvalue weighted by molar-refractivity contribution is 8.00. The Bertz CT molecular complexity index is 2810. The summed E-state index contributed by atoms with van der Waals surface area (Å²) in [5.74, 6) is 0. The second-order valence-electron chi connectivity index (χ2n) is 13.6. The first-order valence-electron chi connectivity index (χ1n) is 17.8. The predicted octanol–water partition coefficient (Wildman–Crippen LogP) is 13.4. The molecule has 9 aromatic rings. The molecule has 0 atom stereocenters. The van der Waals surface area contributed by atoms with E-state index in [2.05, 4.69) is 193 Å². The minimum atomic E-state index is -0.470. The molecule has 3 heterocycles. The van der Waals surface area contributed by atoms with E-state index in [9.17, 15) is 0 Å². The zero-order valence-electron chi connectivity index (χ0n) is 28.2. The van der Waals surface area contributed by atoms with Crippen LogP contribution in [0.5, 0.6) is 0 Å². The molecule has 0 N–H and O–H groups in total. The fraction of sp³-hybridized carbons (Fsp3) is 0.0204. The van der Waals surface area contributed by atoms with E-state index in [4.69, 9.17) is 0 Å². The number of para-hydroxylation sites is 3. The summed E-state index contributed by atoms with van der Waals surface area (Å²) in [6.45, 7) is 0. The third-order valence-corrected chi connectivity index (χ3v) is 13.2. The van der Waals surface area contributed by atoms with Crippen LogP contribution in [-0.4, -0.2) is 4.57 Å². The van der Waals surface area contributed by atoms with Crippen molar-refractivity contribution in [3.05, 3.63) is 210 Å². The Morgan fingerprint density at radius 3 is 1.75 bits per heavy atom. The van der Waals surface area contributed by atoms with E-state index in [0.29, 0.717) is 0 Å². The third kappa shape index (κ3) is 4.27. The van der Waals surface area contributed by atoms with Gasteiger partial charge in [0.15, 0.2) is 0 Å². The molecule has 0 amide bonds. The first kappa shape index (κ1) is 29.9. The van der Waals surface area contributed by atoms with Gasteiger partial charge in [0.05, 0.1) is 16.4 Å². The quantitative estimate of drug-likeness (QED) is 0.181. The average molecular weight is 698 g/mol. The van der Waals surface area contributed by atoms with E-state index in [1.165, 1.54) is 91.6 Å². The van der Waals surface area contributed by atoms with Crippen LogP contribution in [0.2, 0.25) is 0 Å². The molecular formula is C49H31NS2. The second kappa shape index (κ2) is 11.6. The van der Waals surface area contributed by atoms with E-state index in [1.807, 2.05) is 23.5 Å². The molecule has 0 radical (unpaired) electrons. The van der Waals surface area contributed by atoms with Crippen LogP contribution in [0.15, 0.2) is 208 Å². The Hall–Kier alpha value is -5.74. The lowest BCUT2D eigenvalue weighted by Gasteiger charge is -2.45. The van der Waals surface area contributed by atoms with E-state index >= 15 is 0 Å². The Morgan fingerprint density at radius 1 is 0.365 bits per heavy atom. The number of fused-ring (bicyclic) bond motifs is 11. The van der Waals surface area contributed by atoms with Crippen molar-refractivity contribution in [2.75, 3.05) is 0 Å². The summed E-state index contributed by atoms with van der Waals surface area (Å²) in [7, 11) is 0. The molecule has 8 aromatic carbocycles. The first-order chi connectivity index (χ1) is 25.8. The van der Waals surface area contributed by atoms with Gasteiger partial charge >= 0.3 is 0 Å². The highest BCUT2D eigenvalue weighted by Gasteiger charge is 2.48. The van der Waals surface area contributed by atoms with E-state index in [1.54, 1.807) is 0 Å². The number of nitrogens with zero attached hydrogens (tertiary/aromatic N) is 1. The molecule has 0 bridgehead atoms. The first-order valence-corrected chi connectivity index (χ1v) is 19.4. The van der Waals surface area contributed by atoms with Crippen LogP contribution in [0.3, 0.4) is 0 Å². The summed E-state index contributed by atoms with van der Waals surface area (Å²) in [4.78, 5) is 5.23.